The molecule has 0 aliphatic heterocycles. The second-order valence-electron chi connectivity index (χ2n) is 3.44. The Morgan fingerprint density at radius 2 is 1.75 bits per heavy atom. The molecule has 0 aliphatic carbocycles. The zero-order chi connectivity index (χ0) is 15.8. The van der Waals surface area contributed by atoms with Gasteiger partial charge in [0.25, 0.3) is 0 Å². The fourth-order valence-corrected chi connectivity index (χ4v) is 2.38. The number of phosphoric acid groups is 1. The molecule has 0 saturated heterocycles. The van der Waals surface area contributed by atoms with Crippen molar-refractivity contribution in [2.45, 2.75) is 32.9 Å². The fourth-order valence-electron chi connectivity index (χ4n) is 1.13. The van der Waals surface area contributed by atoms with Crippen LogP contribution in [0, 0.1) is 0 Å². The molecule has 0 bridgehead atoms. The van der Waals surface area contributed by atoms with Gasteiger partial charge in [-0.05, 0) is 20.3 Å². The standard InChI is InChI=1S/C11H17F4O4P/c1-4-7-8-9(10(12)11(13,14)15)19-20(16,17-5-2)18-6-3/h4H,1,5-8H2,2-3H3/b10-9+. The molecule has 4 nitrogen and oxygen atoms in total. The average Bonchev–Trinajstić information content (AvgIpc) is 2.33. The van der Waals surface area contributed by atoms with E-state index in [-0.39, 0.29) is 19.6 Å². The number of rotatable bonds is 9. The van der Waals surface area contributed by atoms with E-state index in [4.69, 9.17) is 0 Å². The Balaban J connectivity index is 5.33. The van der Waals surface area contributed by atoms with Crippen LogP contribution in [0.4, 0.5) is 17.6 Å². The van der Waals surface area contributed by atoms with Gasteiger partial charge in [-0.3, -0.25) is 9.05 Å². The van der Waals surface area contributed by atoms with Gasteiger partial charge in [-0.15, -0.1) is 6.58 Å². The van der Waals surface area contributed by atoms with Gasteiger partial charge in [0.05, 0.1) is 13.2 Å². The smallest absolute Gasteiger partial charge is 0.405 e. The number of phosphoric ester groups is 1. The lowest BCUT2D eigenvalue weighted by Crippen LogP contribution is -2.13. The van der Waals surface area contributed by atoms with Crippen molar-refractivity contribution in [1.82, 2.24) is 0 Å². The third-order valence-electron chi connectivity index (χ3n) is 1.87. The highest BCUT2D eigenvalue weighted by atomic mass is 31.2. The normalized spacial score (nSPS) is 13.9. The molecule has 0 aromatic carbocycles. The predicted molar refractivity (Wildman–Crippen MR) is 65.6 cm³/mol. The molecule has 0 atom stereocenters. The van der Waals surface area contributed by atoms with Gasteiger partial charge in [0.1, 0.15) is 5.76 Å². The van der Waals surface area contributed by atoms with Crippen LogP contribution < -0.4 is 0 Å². The lowest BCUT2D eigenvalue weighted by atomic mass is 10.2. The van der Waals surface area contributed by atoms with Crippen LogP contribution in [-0.2, 0) is 18.1 Å². The van der Waals surface area contributed by atoms with Crippen LogP contribution in [0.1, 0.15) is 26.7 Å². The number of hydrogen-bond donors (Lipinski definition) is 0. The van der Waals surface area contributed by atoms with Gasteiger partial charge in [0.15, 0.2) is 0 Å². The molecule has 0 aliphatic rings. The topological polar surface area (TPSA) is 44.8 Å². The first-order chi connectivity index (χ1) is 9.20. The summed E-state index contributed by atoms with van der Waals surface area (Å²) in [5.41, 5.74) is 0. The lowest BCUT2D eigenvalue weighted by Gasteiger charge is -2.20. The van der Waals surface area contributed by atoms with Crippen molar-refractivity contribution >= 4 is 7.82 Å². The highest BCUT2D eigenvalue weighted by Gasteiger charge is 2.41. The Morgan fingerprint density at radius 1 is 1.25 bits per heavy atom. The quantitative estimate of drug-likeness (QED) is 0.262. The highest BCUT2D eigenvalue weighted by molar-refractivity contribution is 7.48. The van der Waals surface area contributed by atoms with Crippen LogP contribution in [0.2, 0.25) is 0 Å². The number of hydrogen-bond acceptors (Lipinski definition) is 4. The van der Waals surface area contributed by atoms with Gasteiger partial charge in [-0.2, -0.15) is 17.6 Å². The molecule has 0 rings (SSSR count). The van der Waals surface area contributed by atoms with Crippen LogP contribution in [0.3, 0.4) is 0 Å². The van der Waals surface area contributed by atoms with E-state index in [1.165, 1.54) is 19.9 Å². The average molecular weight is 320 g/mol. The molecule has 0 amide bonds. The van der Waals surface area contributed by atoms with Crippen molar-refractivity contribution in [2.75, 3.05) is 13.2 Å². The van der Waals surface area contributed by atoms with Crippen molar-refractivity contribution in [3.8, 4) is 0 Å². The van der Waals surface area contributed by atoms with E-state index in [2.05, 4.69) is 20.2 Å². The summed E-state index contributed by atoms with van der Waals surface area (Å²) in [6.45, 7) is 5.95. The van der Waals surface area contributed by atoms with Crippen molar-refractivity contribution in [2.24, 2.45) is 0 Å². The molecule has 20 heavy (non-hydrogen) atoms. The Hall–Kier alpha value is -0.850. The molecule has 0 heterocycles. The minimum atomic E-state index is -5.24. The summed E-state index contributed by atoms with van der Waals surface area (Å²) in [6, 6.07) is 0. The molecule has 118 valence electrons. The van der Waals surface area contributed by atoms with E-state index >= 15 is 0 Å². The summed E-state index contributed by atoms with van der Waals surface area (Å²) < 4.78 is 76.2. The first kappa shape index (κ1) is 19.1. The van der Waals surface area contributed by atoms with Gasteiger partial charge >= 0.3 is 14.0 Å². The first-order valence-electron chi connectivity index (χ1n) is 5.85. The number of alkyl halides is 3. The summed E-state index contributed by atoms with van der Waals surface area (Å²) in [5.74, 6) is -3.58. The molecule has 0 aromatic rings. The zero-order valence-electron chi connectivity index (χ0n) is 11.2. The molecule has 0 saturated carbocycles. The van der Waals surface area contributed by atoms with E-state index in [1.807, 2.05) is 0 Å². The second kappa shape index (κ2) is 8.44. The van der Waals surface area contributed by atoms with Crippen LogP contribution in [-0.4, -0.2) is 19.4 Å². The Bertz CT molecular complexity index is 382. The van der Waals surface area contributed by atoms with Gasteiger partial charge in [0.2, 0.25) is 5.83 Å². The van der Waals surface area contributed by atoms with E-state index < -0.39 is 32.0 Å². The third kappa shape index (κ3) is 6.54. The minimum Gasteiger partial charge on any atom is -0.405 e. The van der Waals surface area contributed by atoms with E-state index in [9.17, 15) is 22.1 Å². The molecule has 9 heteroatoms. The highest BCUT2D eigenvalue weighted by Crippen LogP contribution is 2.53. The monoisotopic (exact) mass is 320 g/mol. The van der Waals surface area contributed by atoms with Crippen molar-refractivity contribution in [1.29, 1.82) is 0 Å². The summed E-state index contributed by atoms with van der Waals surface area (Å²) in [5, 5.41) is 0. The molecular formula is C11H17F4O4P. The van der Waals surface area contributed by atoms with Crippen LogP contribution in [0.25, 0.3) is 0 Å². The molecule has 0 N–H and O–H groups in total. The van der Waals surface area contributed by atoms with Crippen molar-refractivity contribution in [3.05, 3.63) is 24.2 Å². The molecular weight excluding hydrogens is 303 g/mol. The number of allylic oxidation sites excluding steroid dienone is 3. The lowest BCUT2D eigenvalue weighted by molar-refractivity contribution is -0.112. The van der Waals surface area contributed by atoms with Gasteiger partial charge in [-0.25, -0.2) is 4.57 Å². The van der Waals surface area contributed by atoms with Gasteiger partial charge in [-0.1, -0.05) is 6.08 Å². The molecule has 0 fully saturated rings. The van der Waals surface area contributed by atoms with Crippen molar-refractivity contribution < 1.29 is 35.7 Å². The van der Waals surface area contributed by atoms with E-state index in [0.717, 1.165) is 0 Å². The maximum atomic E-state index is 13.3. The molecule has 0 spiro atoms. The largest absolute Gasteiger partial charge is 0.529 e. The zero-order valence-corrected chi connectivity index (χ0v) is 12.1. The maximum absolute atomic E-state index is 13.3. The van der Waals surface area contributed by atoms with Crippen LogP contribution in [0.5, 0.6) is 0 Å². The summed E-state index contributed by atoms with van der Waals surface area (Å²) in [7, 11) is -4.27. The predicted octanol–water partition coefficient (Wildman–Crippen LogP) is 4.89. The van der Waals surface area contributed by atoms with Crippen molar-refractivity contribution in [3.63, 3.8) is 0 Å². The number of halogens is 4. The Morgan fingerprint density at radius 3 is 2.10 bits per heavy atom. The fraction of sp³-hybridized carbons (Fsp3) is 0.636. The molecule has 0 unspecified atom stereocenters. The summed E-state index contributed by atoms with van der Waals surface area (Å²) in [6.07, 6.45) is -4.41. The van der Waals surface area contributed by atoms with Gasteiger partial charge in [0, 0.05) is 6.42 Å². The Kier molecular flexibility index (Phi) is 8.08. The van der Waals surface area contributed by atoms with Crippen LogP contribution in [0.15, 0.2) is 24.2 Å². The summed E-state index contributed by atoms with van der Waals surface area (Å²) in [4.78, 5) is 0. The molecule has 0 radical (unpaired) electrons. The Labute approximate surface area is 115 Å². The maximum Gasteiger partial charge on any atom is 0.529 e. The van der Waals surface area contributed by atoms with Crippen LogP contribution >= 0.6 is 7.82 Å². The molecule has 0 aromatic heterocycles. The summed E-state index contributed by atoms with van der Waals surface area (Å²) >= 11 is 0. The second-order valence-corrected chi connectivity index (χ2v) is 5.03. The first-order valence-corrected chi connectivity index (χ1v) is 7.31. The third-order valence-corrected chi connectivity index (χ3v) is 3.46. The van der Waals surface area contributed by atoms with E-state index in [0.29, 0.717) is 0 Å². The van der Waals surface area contributed by atoms with E-state index in [1.54, 1.807) is 0 Å². The minimum absolute atomic E-state index is 0.0110. The van der Waals surface area contributed by atoms with Gasteiger partial charge < -0.3 is 4.52 Å². The SMILES string of the molecule is C=CCC/C(OP(=O)(OCC)OCC)=C(\F)C(F)(F)F.